The van der Waals surface area contributed by atoms with Crippen molar-refractivity contribution in [1.29, 1.82) is 0 Å². The van der Waals surface area contributed by atoms with Gasteiger partial charge < -0.3 is 14.5 Å². The number of carbonyl (C=O) groups is 1. The van der Waals surface area contributed by atoms with E-state index in [9.17, 15) is 27.5 Å². The van der Waals surface area contributed by atoms with Crippen molar-refractivity contribution in [3.05, 3.63) is 41.9 Å². The second-order valence-electron chi connectivity index (χ2n) is 6.76. The molecular formula is C18H18F4N2O3. The van der Waals surface area contributed by atoms with Crippen molar-refractivity contribution in [2.75, 3.05) is 13.1 Å². The second-order valence-corrected chi connectivity index (χ2v) is 6.76. The highest BCUT2D eigenvalue weighted by Gasteiger charge is 2.57. The Bertz CT molecular complexity index is 807. The number of aromatic nitrogens is 1. The molecule has 3 rings (SSSR count). The average molecular weight is 386 g/mol. The molecule has 27 heavy (non-hydrogen) atoms. The van der Waals surface area contributed by atoms with Crippen LogP contribution in [0.2, 0.25) is 0 Å². The van der Waals surface area contributed by atoms with Crippen molar-refractivity contribution in [1.82, 2.24) is 10.1 Å². The van der Waals surface area contributed by atoms with E-state index in [4.69, 9.17) is 4.52 Å². The number of carbonyl (C=O) groups excluding carboxylic acids is 1. The summed E-state index contributed by atoms with van der Waals surface area (Å²) in [7, 11) is 0. The maximum Gasteiger partial charge on any atom is 0.426 e. The van der Waals surface area contributed by atoms with Gasteiger partial charge in [-0.25, -0.2) is 4.39 Å². The highest BCUT2D eigenvalue weighted by molar-refractivity contribution is 5.85. The van der Waals surface area contributed by atoms with Crippen molar-refractivity contribution in [2.24, 2.45) is 0 Å². The zero-order valence-electron chi connectivity index (χ0n) is 14.5. The largest absolute Gasteiger partial charge is 0.426 e. The molecule has 0 aliphatic carbocycles. The predicted molar refractivity (Wildman–Crippen MR) is 87.1 cm³/mol. The molecule has 1 aromatic carbocycles. The molecule has 1 saturated heterocycles. The van der Waals surface area contributed by atoms with E-state index in [-0.39, 0.29) is 24.8 Å². The molecule has 0 radical (unpaired) electrons. The van der Waals surface area contributed by atoms with Gasteiger partial charge >= 0.3 is 6.18 Å². The summed E-state index contributed by atoms with van der Waals surface area (Å²) in [5, 5.41) is 13.5. The normalized spacial score (nSPS) is 18.4. The smallest absolute Gasteiger partial charge is 0.373 e. The molecule has 2 heterocycles. The summed E-state index contributed by atoms with van der Waals surface area (Å²) in [5.41, 5.74) is -1.44. The third-order valence-corrected chi connectivity index (χ3v) is 4.91. The Morgan fingerprint density at radius 2 is 1.81 bits per heavy atom. The van der Waals surface area contributed by atoms with Gasteiger partial charge in [-0.15, -0.1) is 0 Å². The molecule has 1 aliphatic rings. The van der Waals surface area contributed by atoms with Gasteiger partial charge in [-0.3, -0.25) is 4.79 Å². The Balaban J connectivity index is 1.71. The van der Waals surface area contributed by atoms with E-state index >= 15 is 0 Å². The number of halogens is 4. The minimum atomic E-state index is -5.04. The van der Waals surface area contributed by atoms with E-state index in [2.05, 4.69) is 5.16 Å². The van der Waals surface area contributed by atoms with Gasteiger partial charge in [0.25, 0.3) is 5.91 Å². The van der Waals surface area contributed by atoms with Crippen LogP contribution < -0.4 is 0 Å². The van der Waals surface area contributed by atoms with Crippen LogP contribution in [-0.2, 0) is 4.79 Å². The minimum absolute atomic E-state index is 0.0730. The first-order chi connectivity index (χ1) is 12.6. The van der Waals surface area contributed by atoms with Crippen molar-refractivity contribution in [3.63, 3.8) is 0 Å². The Morgan fingerprint density at radius 3 is 2.37 bits per heavy atom. The first kappa shape index (κ1) is 19.3. The summed E-state index contributed by atoms with van der Waals surface area (Å²) in [4.78, 5) is 13.1. The predicted octanol–water partition coefficient (Wildman–Crippen LogP) is 3.50. The third-order valence-electron chi connectivity index (χ3n) is 4.91. The Hall–Kier alpha value is -2.42. The molecule has 1 aromatic heterocycles. The van der Waals surface area contributed by atoms with E-state index in [0.29, 0.717) is 31.0 Å². The number of amides is 1. The monoisotopic (exact) mass is 386 g/mol. The summed E-state index contributed by atoms with van der Waals surface area (Å²) in [6, 6.07) is 5.73. The van der Waals surface area contributed by atoms with Crippen molar-refractivity contribution in [3.8, 4) is 11.3 Å². The van der Waals surface area contributed by atoms with E-state index in [1.807, 2.05) is 0 Å². The van der Waals surface area contributed by atoms with Gasteiger partial charge in [-0.05, 0) is 49.9 Å². The fraction of sp³-hybridized carbons (Fsp3) is 0.444. The molecule has 0 spiro atoms. The lowest BCUT2D eigenvalue weighted by atomic mass is 9.87. The molecular weight excluding hydrogens is 368 g/mol. The topological polar surface area (TPSA) is 66.6 Å². The van der Waals surface area contributed by atoms with E-state index in [1.165, 1.54) is 18.4 Å². The van der Waals surface area contributed by atoms with Gasteiger partial charge in [-0.1, -0.05) is 5.16 Å². The molecule has 0 saturated carbocycles. The number of hydrogen-bond acceptors (Lipinski definition) is 4. The van der Waals surface area contributed by atoms with Crippen LogP contribution in [0.4, 0.5) is 17.6 Å². The van der Waals surface area contributed by atoms with Crippen molar-refractivity contribution in [2.45, 2.75) is 37.5 Å². The minimum Gasteiger partial charge on any atom is -0.373 e. The summed E-state index contributed by atoms with van der Waals surface area (Å²) in [6.45, 7) is 0.613. The molecule has 146 valence electrons. The van der Waals surface area contributed by atoms with Crippen LogP contribution in [-0.4, -0.2) is 45.9 Å². The van der Waals surface area contributed by atoms with Crippen LogP contribution >= 0.6 is 0 Å². The van der Waals surface area contributed by atoms with Gasteiger partial charge in [0.2, 0.25) is 5.60 Å². The zero-order chi connectivity index (χ0) is 19.8. The molecule has 0 bridgehead atoms. The number of alkyl halides is 3. The lowest BCUT2D eigenvalue weighted by Crippen LogP contribution is -2.57. The molecule has 1 N–H and O–H groups in total. The van der Waals surface area contributed by atoms with Crippen LogP contribution in [0.5, 0.6) is 0 Å². The molecule has 9 heteroatoms. The molecule has 1 atom stereocenters. The number of hydrogen-bond donors (Lipinski definition) is 1. The maximum absolute atomic E-state index is 13.1. The number of piperidine rings is 1. The zero-order valence-corrected chi connectivity index (χ0v) is 14.5. The highest BCUT2D eigenvalue weighted by Crippen LogP contribution is 2.37. The lowest BCUT2D eigenvalue weighted by Gasteiger charge is -2.36. The standard InChI is InChI=1S/C18H18F4N2O3/c1-17(26,18(20,21)22)16(25)24-8-6-11(7-9-24)14-10-27-23-15(14)12-2-4-13(19)5-3-12/h2-5,10-11,26H,6-9H2,1H3/t17-/m1/s1. The quantitative estimate of drug-likeness (QED) is 0.820. The van der Waals surface area contributed by atoms with Gasteiger partial charge in [0.05, 0.1) is 0 Å². The number of nitrogens with zero attached hydrogens (tertiary/aromatic N) is 2. The van der Waals surface area contributed by atoms with Gasteiger partial charge in [0, 0.05) is 24.2 Å². The molecule has 5 nitrogen and oxygen atoms in total. The average Bonchev–Trinajstić information content (AvgIpc) is 3.10. The number of benzene rings is 1. The summed E-state index contributed by atoms with van der Waals surface area (Å²) in [6.07, 6.45) is -2.78. The van der Waals surface area contributed by atoms with Crippen molar-refractivity contribution < 1.29 is 32.0 Å². The fourth-order valence-corrected chi connectivity index (χ4v) is 3.18. The summed E-state index contributed by atoms with van der Waals surface area (Å²) < 4.78 is 56.7. The van der Waals surface area contributed by atoms with Crippen molar-refractivity contribution >= 4 is 5.91 Å². The molecule has 1 fully saturated rings. The first-order valence-corrected chi connectivity index (χ1v) is 8.40. The first-order valence-electron chi connectivity index (χ1n) is 8.40. The molecule has 1 amide bonds. The van der Waals surface area contributed by atoms with E-state index in [0.717, 1.165) is 10.5 Å². The highest BCUT2D eigenvalue weighted by atomic mass is 19.4. The fourth-order valence-electron chi connectivity index (χ4n) is 3.18. The third kappa shape index (κ3) is 3.69. The Morgan fingerprint density at radius 1 is 1.22 bits per heavy atom. The van der Waals surface area contributed by atoms with Gasteiger partial charge in [0.15, 0.2) is 0 Å². The Kier molecular flexibility index (Phi) is 4.98. The van der Waals surface area contributed by atoms with Gasteiger partial charge in [-0.2, -0.15) is 13.2 Å². The lowest BCUT2D eigenvalue weighted by molar-refractivity contribution is -0.250. The van der Waals surface area contributed by atoms with E-state index in [1.54, 1.807) is 12.1 Å². The molecule has 0 unspecified atom stereocenters. The van der Waals surface area contributed by atoms with E-state index < -0.39 is 17.7 Å². The van der Waals surface area contributed by atoms with Crippen LogP contribution in [0.25, 0.3) is 11.3 Å². The molecule has 1 aliphatic heterocycles. The number of likely N-dealkylation sites (tertiary alicyclic amines) is 1. The van der Waals surface area contributed by atoms with Crippen LogP contribution in [0.3, 0.4) is 0 Å². The van der Waals surface area contributed by atoms with Crippen LogP contribution in [0, 0.1) is 5.82 Å². The number of aliphatic hydroxyl groups is 1. The van der Waals surface area contributed by atoms with Crippen LogP contribution in [0.15, 0.2) is 35.1 Å². The SMILES string of the molecule is C[C@@](O)(C(=O)N1CCC(c2conc2-c2ccc(F)cc2)CC1)C(F)(F)F. The van der Waals surface area contributed by atoms with Gasteiger partial charge in [0.1, 0.15) is 17.8 Å². The second kappa shape index (κ2) is 6.95. The molecule has 2 aromatic rings. The maximum atomic E-state index is 13.1. The van der Waals surface area contributed by atoms with Crippen LogP contribution in [0.1, 0.15) is 31.2 Å². The number of rotatable bonds is 3. The summed E-state index contributed by atoms with van der Waals surface area (Å²) >= 11 is 0. The summed E-state index contributed by atoms with van der Waals surface area (Å²) in [5.74, 6) is -1.80. The Labute approximate surface area is 152 Å².